The zero-order valence-electron chi connectivity index (χ0n) is 16.6. The van der Waals surface area contributed by atoms with Crippen molar-refractivity contribution in [3.8, 4) is 11.4 Å². The summed E-state index contributed by atoms with van der Waals surface area (Å²) < 4.78 is 7.92. The maximum Gasteiger partial charge on any atom is 0.230 e. The topological polar surface area (TPSA) is 69.0 Å². The van der Waals surface area contributed by atoms with Crippen molar-refractivity contribution in [1.29, 1.82) is 0 Å². The highest BCUT2D eigenvalue weighted by atomic mass is 35.5. The fraction of sp³-hybridized carbons (Fsp3) is 0.381. The molecule has 1 amide bonds. The molecule has 0 saturated carbocycles. The van der Waals surface area contributed by atoms with Gasteiger partial charge in [-0.05, 0) is 43.5 Å². The molecule has 1 fully saturated rings. The van der Waals surface area contributed by atoms with Crippen LogP contribution in [0, 0.1) is 6.92 Å². The molecule has 1 saturated heterocycles. The van der Waals surface area contributed by atoms with E-state index in [0.29, 0.717) is 18.1 Å². The Bertz CT molecular complexity index is 997. The molecular weight excluding hydrogens is 440 g/mol. The first-order valence-electron chi connectivity index (χ1n) is 9.83. The van der Waals surface area contributed by atoms with E-state index in [4.69, 9.17) is 16.3 Å². The van der Waals surface area contributed by atoms with Crippen LogP contribution in [0.25, 0.3) is 11.4 Å². The van der Waals surface area contributed by atoms with E-state index in [2.05, 4.69) is 38.5 Å². The zero-order chi connectivity index (χ0) is 20.9. The second-order valence-electron chi connectivity index (χ2n) is 7.19. The number of benzene rings is 1. The van der Waals surface area contributed by atoms with Crippen molar-refractivity contribution in [3.63, 3.8) is 0 Å². The van der Waals surface area contributed by atoms with Gasteiger partial charge in [0.15, 0.2) is 11.0 Å². The van der Waals surface area contributed by atoms with E-state index < -0.39 is 0 Å². The van der Waals surface area contributed by atoms with Crippen molar-refractivity contribution < 1.29 is 9.53 Å². The molecule has 1 aliphatic heterocycles. The Balaban J connectivity index is 1.41. The number of hydrogen-bond donors (Lipinski definition) is 1. The van der Waals surface area contributed by atoms with Gasteiger partial charge in [-0.25, -0.2) is 0 Å². The summed E-state index contributed by atoms with van der Waals surface area (Å²) in [5.74, 6) is 1.06. The molecule has 9 heteroatoms. The molecular formula is C21H23ClN4O2S2. The van der Waals surface area contributed by atoms with Crippen molar-refractivity contribution >= 4 is 40.6 Å². The van der Waals surface area contributed by atoms with Gasteiger partial charge in [0, 0.05) is 34.0 Å². The summed E-state index contributed by atoms with van der Waals surface area (Å²) in [4.78, 5) is 13.6. The molecule has 4 rings (SSSR count). The molecule has 6 nitrogen and oxygen atoms in total. The average molecular weight is 463 g/mol. The summed E-state index contributed by atoms with van der Waals surface area (Å²) in [6.45, 7) is 4.05. The summed E-state index contributed by atoms with van der Waals surface area (Å²) in [7, 11) is 0. The summed E-state index contributed by atoms with van der Waals surface area (Å²) in [6, 6.07) is 9.57. The summed E-state index contributed by atoms with van der Waals surface area (Å²) >= 11 is 9.00. The number of amides is 1. The Morgan fingerprint density at radius 2 is 2.20 bits per heavy atom. The minimum atomic E-state index is -0.0467. The molecule has 1 aromatic carbocycles. The van der Waals surface area contributed by atoms with Crippen molar-refractivity contribution in [2.45, 2.75) is 44.1 Å². The lowest BCUT2D eigenvalue weighted by atomic mass is 10.2. The molecule has 0 spiro atoms. The number of carbonyl (C=O) groups excluding carboxylic acids is 1. The SMILES string of the molecule is Cc1cc(-c2nnc(SCC(=O)NCc3ccc(Cl)cc3)n2CC2CCCO2)cs1. The molecule has 1 atom stereocenters. The second-order valence-corrected chi connectivity index (χ2v) is 9.68. The van der Waals surface area contributed by atoms with Gasteiger partial charge in [0.2, 0.25) is 5.91 Å². The van der Waals surface area contributed by atoms with Gasteiger partial charge in [0.05, 0.1) is 18.4 Å². The number of thiophene rings is 1. The summed E-state index contributed by atoms with van der Waals surface area (Å²) in [5, 5.41) is 15.3. The Hall–Kier alpha value is -1.87. The lowest BCUT2D eigenvalue weighted by Gasteiger charge is -2.14. The summed E-state index contributed by atoms with van der Waals surface area (Å²) in [5.41, 5.74) is 2.07. The number of thioether (sulfide) groups is 1. The number of rotatable bonds is 8. The standard InChI is InChI=1S/C21H23ClN4O2S2/c1-14-9-16(12-29-14)20-24-25-21(26(20)11-18-3-2-8-28-18)30-13-19(27)23-10-15-4-6-17(22)7-5-15/h4-7,9,12,18H,2-3,8,10-11,13H2,1H3,(H,23,27). The van der Waals surface area contributed by atoms with Crippen LogP contribution in [0.1, 0.15) is 23.3 Å². The first-order chi connectivity index (χ1) is 14.6. The number of ether oxygens (including phenoxy) is 1. The van der Waals surface area contributed by atoms with Gasteiger partial charge >= 0.3 is 0 Å². The van der Waals surface area contributed by atoms with Crippen LogP contribution in [-0.2, 0) is 22.6 Å². The maximum atomic E-state index is 12.4. The quantitative estimate of drug-likeness (QED) is 0.497. The van der Waals surface area contributed by atoms with Crippen molar-refractivity contribution in [3.05, 3.63) is 51.2 Å². The van der Waals surface area contributed by atoms with Crippen LogP contribution in [0.5, 0.6) is 0 Å². The van der Waals surface area contributed by atoms with E-state index in [1.807, 2.05) is 24.3 Å². The molecule has 0 bridgehead atoms. The number of carbonyl (C=O) groups is 1. The number of nitrogens with zero attached hydrogens (tertiary/aromatic N) is 3. The maximum absolute atomic E-state index is 12.4. The number of hydrogen-bond acceptors (Lipinski definition) is 6. The number of aryl methyl sites for hydroxylation is 1. The van der Waals surface area contributed by atoms with E-state index >= 15 is 0 Å². The van der Waals surface area contributed by atoms with E-state index in [9.17, 15) is 4.79 Å². The minimum absolute atomic E-state index is 0.0467. The van der Waals surface area contributed by atoms with Gasteiger partial charge in [-0.15, -0.1) is 21.5 Å². The van der Waals surface area contributed by atoms with Crippen LogP contribution < -0.4 is 5.32 Å². The fourth-order valence-electron chi connectivity index (χ4n) is 3.31. The lowest BCUT2D eigenvalue weighted by molar-refractivity contribution is -0.118. The molecule has 30 heavy (non-hydrogen) atoms. The third-order valence-electron chi connectivity index (χ3n) is 4.85. The Morgan fingerprint density at radius 3 is 2.90 bits per heavy atom. The van der Waals surface area contributed by atoms with Crippen LogP contribution in [0.2, 0.25) is 5.02 Å². The predicted molar refractivity (Wildman–Crippen MR) is 121 cm³/mol. The van der Waals surface area contributed by atoms with Crippen LogP contribution >= 0.6 is 34.7 Å². The van der Waals surface area contributed by atoms with Crippen molar-refractivity contribution in [2.75, 3.05) is 12.4 Å². The molecule has 3 heterocycles. The molecule has 0 aliphatic carbocycles. The molecule has 1 aliphatic rings. The second kappa shape index (κ2) is 9.96. The smallest absolute Gasteiger partial charge is 0.230 e. The normalized spacial score (nSPS) is 16.1. The van der Waals surface area contributed by atoms with Crippen molar-refractivity contribution in [1.82, 2.24) is 20.1 Å². The first kappa shape index (κ1) is 21.4. The molecule has 3 aromatic rings. The molecule has 2 aromatic heterocycles. The third kappa shape index (κ3) is 5.43. The molecule has 158 valence electrons. The predicted octanol–water partition coefficient (Wildman–Crippen LogP) is 4.56. The molecule has 0 radical (unpaired) electrons. The largest absolute Gasteiger partial charge is 0.376 e. The zero-order valence-corrected chi connectivity index (χ0v) is 19.0. The Kier molecular flexibility index (Phi) is 7.09. The van der Waals surface area contributed by atoms with Gasteiger partial charge in [-0.1, -0.05) is 35.5 Å². The van der Waals surface area contributed by atoms with E-state index in [1.54, 1.807) is 11.3 Å². The van der Waals surface area contributed by atoms with Crippen molar-refractivity contribution in [2.24, 2.45) is 0 Å². The third-order valence-corrected chi connectivity index (χ3v) is 6.93. The Labute approximate surface area is 189 Å². The first-order valence-corrected chi connectivity index (χ1v) is 12.1. The fourth-order valence-corrected chi connectivity index (χ4v) is 4.90. The Morgan fingerprint density at radius 1 is 1.37 bits per heavy atom. The van der Waals surface area contributed by atoms with Crippen LogP contribution in [0.15, 0.2) is 40.9 Å². The van der Waals surface area contributed by atoms with Crippen LogP contribution in [0.4, 0.5) is 0 Å². The van der Waals surface area contributed by atoms with Gasteiger partial charge < -0.3 is 10.1 Å². The van der Waals surface area contributed by atoms with Gasteiger partial charge in [0.25, 0.3) is 0 Å². The number of halogens is 1. The monoisotopic (exact) mass is 462 g/mol. The van der Waals surface area contributed by atoms with Crippen LogP contribution in [-0.4, -0.2) is 39.1 Å². The van der Waals surface area contributed by atoms with E-state index in [-0.39, 0.29) is 17.8 Å². The average Bonchev–Trinajstić information content (AvgIpc) is 3.48. The van der Waals surface area contributed by atoms with Gasteiger partial charge in [-0.2, -0.15) is 0 Å². The van der Waals surface area contributed by atoms with Gasteiger partial charge in [-0.3, -0.25) is 9.36 Å². The molecule has 1 N–H and O–H groups in total. The van der Waals surface area contributed by atoms with Gasteiger partial charge in [0.1, 0.15) is 0 Å². The lowest BCUT2D eigenvalue weighted by Crippen LogP contribution is -2.25. The minimum Gasteiger partial charge on any atom is -0.376 e. The number of nitrogens with one attached hydrogen (secondary N) is 1. The summed E-state index contributed by atoms with van der Waals surface area (Å²) in [6.07, 6.45) is 2.28. The van der Waals surface area contributed by atoms with Crippen LogP contribution in [0.3, 0.4) is 0 Å². The number of aromatic nitrogens is 3. The van der Waals surface area contributed by atoms with E-state index in [0.717, 1.165) is 41.6 Å². The highest BCUT2D eigenvalue weighted by Crippen LogP contribution is 2.29. The van der Waals surface area contributed by atoms with E-state index in [1.165, 1.54) is 16.6 Å². The highest BCUT2D eigenvalue weighted by Gasteiger charge is 2.22. The molecule has 1 unspecified atom stereocenters. The highest BCUT2D eigenvalue weighted by molar-refractivity contribution is 7.99.